The van der Waals surface area contributed by atoms with Crippen LogP contribution in [0.3, 0.4) is 0 Å². The van der Waals surface area contributed by atoms with Crippen molar-refractivity contribution in [3.05, 3.63) is 23.5 Å². The Labute approximate surface area is 119 Å². The molecule has 0 radical (unpaired) electrons. The van der Waals surface area contributed by atoms with Crippen molar-refractivity contribution in [2.24, 2.45) is 5.92 Å². The molecule has 2 atom stereocenters. The van der Waals surface area contributed by atoms with Crippen molar-refractivity contribution in [1.82, 2.24) is 4.72 Å². The Hall–Kier alpha value is -1.14. The summed E-state index contributed by atoms with van der Waals surface area (Å²) in [4.78, 5) is -0.101. The van der Waals surface area contributed by atoms with E-state index in [1.165, 1.54) is 13.0 Å². The van der Waals surface area contributed by atoms with Gasteiger partial charge in [0, 0.05) is 17.3 Å². The highest BCUT2D eigenvalue weighted by Crippen LogP contribution is 2.26. The fourth-order valence-electron chi connectivity index (χ4n) is 2.59. The van der Waals surface area contributed by atoms with Gasteiger partial charge in [0.05, 0.1) is 4.90 Å². The number of nitrogen functional groups attached to an aromatic ring is 1. The Balaban J connectivity index is 2.26. The summed E-state index contributed by atoms with van der Waals surface area (Å²) in [5.74, 6) is -0.298. The zero-order valence-electron chi connectivity index (χ0n) is 11.8. The van der Waals surface area contributed by atoms with Gasteiger partial charge in [0.15, 0.2) is 0 Å². The molecule has 1 aromatic carbocycles. The highest BCUT2D eigenvalue weighted by Gasteiger charge is 2.27. The number of sulfonamides is 1. The van der Waals surface area contributed by atoms with Gasteiger partial charge in [-0.25, -0.2) is 17.5 Å². The van der Waals surface area contributed by atoms with Crippen LogP contribution in [-0.2, 0) is 10.0 Å². The number of nitrogens with two attached hydrogens (primary N) is 1. The normalized spacial score (nSPS) is 23.8. The van der Waals surface area contributed by atoms with Crippen molar-refractivity contribution >= 4 is 15.7 Å². The van der Waals surface area contributed by atoms with E-state index in [0.29, 0.717) is 5.92 Å². The molecule has 1 saturated carbocycles. The molecule has 0 heterocycles. The van der Waals surface area contributed by atoms with E-state index >= 15 is 0 Å². The molecule has 1 aromatic rings. The van der Waals surface area contributed by atoms with E-state index in [1.807, 2.05) is 6.92 Å². The molecule has 0 aromatic heterocycles. The Morgan fingerprint density at radius 3 is 2.55 bits per heavy atom. The number of benzene rings is 1. The van der Waals surface area contributed by atoms with Crippen molar-refractivity contribution in [1.29, 1.82) is 0 Å². The maximum atomic E-state index is 13.7. The SMILES string of the molecule is Cc1c(N)cc(S(=O)(=O)NC2CCCCC2C)cc1F. The largest absolute Gasteiger partial charge is 0.398 e. The Morgan fingerprint density at radius 2 is 1.95 bits per heavy atom. The molecule has 0 bridgehead atoms. The van der Waals surface area contributed by atoms with Gasteiger partial charge < -0.3 is 5.73 Å². The molecule has 1 aliphatic rings. The Morgan fingerprint density at radius 1 is 1.30 bits per heavy atom. The van der Waals surface area contributed by atoms with Crippen LogP contribution < -0.4 is 10.5 Å². The summed E-state index contributed by atoms with van der Waals surface area (Å²) < 4.78 is 41.0. The van der Waals surface area contributed by atoms with Gasteiger partial charge in [-0.1, -0.05) is 19.8 Å². The Kier molecular flexibility index (Phi) is 4.34. The molecule has 4 nitrogen and oxygen atoms in total. The molecule has 1 aliphatic carbocycles. The maximum Gasteiger partial charge on any atom is 0.241 e. The van der Waals surface area contributed by atoms with Crippen molar-refractivity contribution in [3.63, 3.8) is 0 Å². The molecule has 2 rings (SSSR count). The highest BCUT2D eigenvalue weighted by molar-refractivity contribution is 7.89. The first-order valence-electron chi connectivity index (χ1n) is 6.89. The fraction of sp³-hybridized carbons (Fsp3) is 0.571. The number of nitrogens with one attached hydrogen (secondary N) is 1. The van der Waals surface area contributed by atoms with Crippen molar-refractivity contribution in [2.75, 3.05) is 5.73 Å². The smallest absolute Gasteiger partial charge is 0.241 e. The van der Waals surface area contributed by atoms with Crippen molar-refractivity contribution in [3.8, 4) is 0 Å². The van der Waals surface area contributed by atoms with E-state index in [9.17, 15) is 12.8 Å². The monoisotopic (exact) mass is 300 g/mol. The summed E-state index contributed by atoms with van der Waals surface area (Å²) in [6.07, 6.45) is 3.98. The molecular weight excluding hydrogens is 279 g/mol. The minimum Gasteiger partial charge on any atom is -0.398 e. The second kappa shape index (κ2) is 5.69. The van der Waals surface area contributed by atoms with E-state index in [1.54, 1.807) is 0 Å². The van der Waals surface area contributed by atoms with Crippen molar-refractivity contribution in [2.45, 2.75) is 50.5 Å². The fourth-order valence-corrected chi connectivity index (χ4v) is 4.01. The third kappa shape index (κ3) is 3.12. The summed E-state index contributed by atoms with van der Waals surface area (Å²) in [7, 11) is -3.72. The number of anilines is 1. The first-order chi connectivity index (χ1) is 9.31. The molecule has 0 spiro atoms. The standard InChI is InChI=1S/C14H21FN2O2S/c1-9-5-3-4-6-14(9)17-20(18,19)11-7-12(15)10(2)13(16)8-11/h7-9,14,17H,3-6,16H2,1-2H3. The van der Waals surface area contributed by atoms with Crippen LogP contribution in [0.15, 0.2) is 17.0 Å². The van der Waals surface area contributed by atoms with Crippen LogP contribution in [0, 0.1) is 18.7 Å². The summed E-state index contributed by atoms with van der Waals surface area (Å²) in [5.41, 5.74) is 6.07. The minimum atomic E-state index is -3.72. The lowest BCUT2D eigenvalue weighted by Crippen LogP contribution is -2.41. The molecule has 0 aliphatic heterocycles. The van der Waals surface area contributed by atoms with Gasteiger partial charge in [0.1, 0.15) is 5.82 Å². The van der Waals surface area contributed by atoms with E-state index < -0.39 is 15.8 Å². The average Bonchev–Trinajstić information content (AvgIpc) is 2.38. The zero-order valence-corrected chi connectivity index (χ0v) is 12.6. The predicted octanol–water partition coefficient (Wildman–Crippen LogP) is 2.57. The maximum absolute atomic E-state index is 13.7. The summed E-state index contributed by atoms with van der Waals surface area (Å²) in [5, 5.41) is 0. The van der Waals surface area contributed by atoms with Crippen LogP contribution >= 0.6 is 0 Å². The summed E-state index contributed by atoms with van der Waals surface area (Å²) in [6, 6.07) is 2.26. The van der Waals surface area contributed by atoms with Crippen LogP contribution in [0.1, 0.15) is 38.2 Å². The van der Waals surface area contributed by atoms with E-state index in [2.05, 4.69) is 4.72 Å². The van der Waals surface area contributed by atoms with Gasteiger partial charge in [0.2, 0.25) is 10.0 Å². The highest BCUT2D eigenvalue weighted by atomic mass is 32.2. The lowest BCUT2D eigenvalue weighted by atomic mass is 9.87. The second-order valence-corrected chi connectivity index (χ2v) is 7.32. The summed E-state index contributed by atoms with van der Waals surface area (Å²) in [6.45, 7) is 3.56. The van der Waals surface area contributed by atoms with Gasteiger partial charge in [-0.05, 0) is 37.8 Å². The van der Waals surface area contributed by atoms with E-state index in [0.717, 1.165) is 31.7 Å². The molecule has 0 saturated heterocycles. The molecule has 0 amide bonds. The van der Waals surface area contributed by atoms with Gasteiger partial charge >= 0.3 is 0 Å². The zero-order chi connectivity index (χ0) is 14.9. The first-order valence-corrected chi connectivity index (χ1v) is 8.37. The van der Waals surface area contributed by atoms with Gasteiger partial charge in [-0.3, -0.25) is 0 Å². The predicted molar refractivity (Wildman–Crippen MR) is 77.3 cm³/mol. The first kappa shape index (κ1) is 15.3. The average molecular weight is 300 g/mol. The minimum absolute atomic E-state index is 0.0839. The molecule has 1 fully saturated rings. The summed E-state index contributed by atoms with van der Waals surface area (Å²) >= 11 is 0. The van der Waals surface area contributed by atoms with Crippen LogP contribution in [-0.4, -0.2) is 14.5 Å². The quantitative estimate of drug-likeness (QED) is 0.843. The molecule has 112 valence electrons. The van der Waals surface area contributed by atoms with E-state index in [4.69, 9.17) is 5.73 Å². The van der Waals surface area contributed by atoms with E-state index in [-0.39, 0.29) is 22.2 Å². The van der Waals surface area contributed by atoms with Gasteiger partial charge in [0.25, 0.3) is 0 Å². The third-order valence-electron chi connectivity index (χ3n) is 4.09. The van der Waals surface area contributed by atoms with Crippen LogP contribution in [0.2, 0.25) is 0 Å². The second-order valence-electron chi connectivity index (χ2n) is 5.61. The number of hydrogen-bond acceptors (Lipinski definition) is 3. The topological polar surface area (TPSA) is 72.2 Å². The lowest BCUT2D eigenvalue weighted by Gasteiger charge is -2.29. The Bertz CT molecular complexity index is 578. The van der Waals surface area contributed by atoms with Crippen molar-refractivity contribution < 1.29 is 12.8 Å². The van der Waals surface area contributed by atoms with Crippen LogP contribution in [0.5, 0.6) is 0 Å². The van der Waals surface area contributed by atoms with Gasteiger partial charge in [-0.2, -0.15) is 0 Å². The molecule has 3 N–H and O–H groups in total. The number of hydrogen-bond donors (Lipinski definition) is 2. The molecule has 20 heavy (non-hydrogen) atoms. The molecule has 2 unspecified atom stereocenters. The van der Waals surface area contributed by atoms with Gasteiger partial charge in [-0.15, -0.1) is 0 Å². The number of halogens is 1. The molecule has 6 heteroatoms. The molecular formula is C14H21FN2O2S. The van der Waals surface area contributed by atoms with Crippen LogP contribution in [0.25, 0.3) is 0 Å². The third-order valence-corrected chi connectivity index (χ3v) is 5.56. The van der Waals surface area contributed by atoms with Crippen LogP contribution in [0.4, 0.5) is 10.1 Å². The number of rotatable bonds is 3. The lowest BCUT2D eigenvalue weighted by molar-refractivity contribution is 0.310.